The quantitative estimate of drug-likeness (QED) is 0.630. The van der Waals surface area contributed by atoms with Crippen molar-refractivity contribution in [1.82, 2.24) is 14.8 Å². The van der Waals surface area contributed by atoms with Gasteiger partial charge in [-0.3, -0.25) is 0 Å². The molecule has 3 rings (SSSR count). The molecule has 3 heterocycles. The minimum Gasteiger partial charge on any atom is -0.399 e. The van der Waals surface area contributed by atoms with Crippen LogP contribution in [-0.2, 0) is 9.31 Å². The molecule has 0 N–H and O–H groups in total. The summed E-state index contributed by atoms with van der Waals surface area (Å²) in [6.45, 7) is 10.1. The maximum absolute atomic E-state index is 6.21. The van der Waals surface area contributed by atoms with Gasteiger partial charge >= 0.3 is 7.12 Å². The van der Waals surface area contributed by atoms with Crippen molar-refractivity contribution in [3.63, 3.8) is 0 Å². The predicted molar refractivity (Wildman–Crippen MR) is 86.8 cm³/mol. The van der Waals surface area contributed by atoms with Gasteiger partial charge in [0.2, 0.25) is 0 Å². The summed E-state index contributed by atoms with van der Waals surface area (Å²) in [5.74, 6) is 0. The molecule has 5 nitrogen and oxygen atoms in total. The van der Waals surface area contributed by atoms with E-state index in [0.717, 1.165) is 11.0 Å². The van der Waals surface area contributed by atoms with E-state index in [1.54, 1.807) is 17.1 Å². The Morgan fingerprint density at radius 1 is 1.14 bits per heavy atom. The molecule has 0 spiro atoms. The van der Waals surface area contributed by atoms with Crippen molar-refractivity contribution in [1.29, 1.82) is 0 Å². The molecule has 0 amide bonds. The number of hydrogen-bond donors (Lipinski definition) is 0. The number of aryl methyl sites for hydroxylation is 1. The minimum atomic E-state index is -0.467. The fraction of sp³-hybridized carbons (Fsp3) is 0.467. The van der Waals surface area contributed by atoms with E-state index < -0.39 is 7.12 Å². The minimum absolute atomic E-state index is 0.389. The Morgan fingerprint density at radius 3 is 2.32 bits per heavy atom. The summed E-state index contributed by atoms with van der Waals surface area (Å²) in [7, 11) is -0.467. The molecule has 1 aliphatic heterocycles. The largest absolute Gasteiger partial charge is 0.496 e. The molecular formula is C15H19BClN3O2. The SMILES string of the molecule is Cc1cnn(-c2cc(B3OC(C)(C)C(C)(C)O3)cnc2Cl)c1. The Labute approximate surface area is 135 Å². The van der Waals surface area contributed by atoms with Crippen LogP contribution in [-0.4, -0.2) is 33.1 Å². The van der Waals surface area contributed by atoms with Crippen LogP contribution in [0.1, 0.15) is 33.3 Å². The zero-order valence-corrected chi connectivity index (χ0v) is 14.2. The third-order valence-electron chi connectivity index (χ3n) is 4.33. The summed E-state index contributed by atoms with van der Waals surface area (Å²) in [6.07, 6.45) is 5.36. The number of nitrogens with zero attached hydrogens (tertiary/aromatic N) is 3. The van der Waals surface area contributed by atoms with Crippen LogP contribution in [0.5, 0.6) is 0 Å². The molecular weight excluding hydrogens is 300 g/mol. The molecule has 0 atom stereocenters. The summed E-state index contributed by atoms with van der Waals surface area (Å²) in [5.41, 5.74) is 1.81. The van der Waals surface area contributed by atoms with E-state index in [0.29, 0.717) is 10.8 Å². The smallest absolute Gasteiger partial charge is 0.399 e. The molecule has 0 unspecified atom stereocenters. The lowest BCUT2D eigenvalue weighted by molar-refractivity contribution is 0.00578. The van der Waals surface area contributed by atoms with E-state index >= 15 is 0 Å². The van der Waals surface area contributed by atoms with Crippen molar-refractivity contribution in [3.05, 3.63) is 35.4 Å². The average Bonchev–Trinajstić information content (AvgIpc) is 2.92. The maximum atomic E-state index is 6.21. The van der Waals surface area contributed by atoms with Crippen molar-refractivity contribution in [2.75, 3.05) is 0 Å². The number of rotatable bonds is 2. The fourth-order valence-electron chi connectivity index (χ4n) is 2.27. The van der Waals surface area contributed by atoms with E-state index in [-0.39, 0.29) is 11.2 Å². The van der Waals surface area contributed by atoms with Crippen LogP contribution in [0, 0.1) is 6.92 Å². The fourth-order valence-corrected chi connectivity index (χ4v) is 2.46. The molecule has 1 fully saturated rings. The van der Waals surface area contributed by atoms with Crippen molar-refractivity contribution in [3.8, 4) is 5.69 Å². The van der Waals surface area contributed by atoms with Crippen LogP contribution in [0.4, 0.5) is 0 Å². The summed E-state index contributed by atoms with van der Waals surface area (Å²) in [6, 6.07) is 1.91. The van der Waals surface area contributed by atoms with Crippen LogP contribution in [0.3, 0.4) is 0 Å². The zero-order chi connectivity index (χ0) is 16.1. The van der Waals surface area contributed by atoms with Gasteiger partial charge in [-0.2, -0.15) is 5.10 Å². The topological polar surface area (TPSA) is 49.2 Å². The summed E-state index contributed by atoms with van der Waals surface area (Å²) in [5, 5.41) is 4.67. The van der Waals surface area contributed by atoms with Crippen molar-refractivity contribution < 1.29 is 9.31 Å². The highest BCUT2D eigenvalue weighted by Crippen LogP contribution is 2.36. The lowest BCUT2D eigenvalue weighted by atomic mass is 9.80. The third kappa shape index (κ3) is 2.55. The molecule has 116 valence electrons. The molecule has 1 saturated heterocycles. The monoisotopic (exact) mass is 319 g/mol. The van der Waals surface area contributed by atoms with E-state index in [9.17, 15) is 0 Å². The van der Waals surface area contributed by atoms with Gasteiger partial charge in [0.05, 0.1) is 17.4 Å². The van der Waals surface area contributed by atoms with Gasteiger partial charge in [0, 0.05) is 17.9 Å². The van der Waals surface area contributed by atoms with E-state index in [1.807, 2.05) is 46.9 Å². The molecule has 0 aromatic carbocycles. The summed E-state index contributed by atoms with van der Waals surface area (Å²) < 4.78 is 13.8. The predicted octanol–water partition coefficient (Wildman–Crippen LogP) is 2.53. The number of hydrogen-bond acceptors (Lipinski definition) is 4. The van der Waals surface area contributed by atoms with Crippen LogP contribution < -0.4 is 5.46 Å². The standard InChI is InChI=1S/C15H19BClN3O2/c1-10-7-19-20(9-10)12-6-11(8-18-13(12)17)16-21-14(2,3)15(4,5)22-16/h6-9H,1-5H3. The Bertz CT molecular complexity index is 699. The van der Waals surface area contributed by atoms with Crippen LogP contribution in [0.25, 0.3) is 5.69 Å². The zero-order valence-electron chi connectivity index (χ0n) is 13.4. The van der Waals surface area contributed by atoms with E-state index in [2.05, 4.69) is 10.1 Å². The highest BCUT2D eigenvalue weighted by Gasteiger charge is 2.51. The van der Waals surface area contributed by atoms with Gasteiger partial charge in [0.15, 0.2) is 5.15 Å². The second-order valence-electron chi connectivity index (χ2n) is 6.63. The Balaban J connectivity index is 1.97. The Morgan fingerprint density at radius 2 is 1.77 bits per heavy atom. The molecule has 2 aromatic rings. The lowest BCUT2D eigenvalue weighted by Crippen LogP contribution is -2.41. The average molecular weight is 320 g/mol. The van der Waals surface area contributed by atoms with Gasteiger partial charge in [-0.1, -0.05) is 11.6 Å². The van der Waals surface area contributed by atoms with Crippen LogP contribution >= 0.6 is 11.6 Å². The second-order valence-corrected chi connectivity index (χ2v) is 6.99. The molecule has 0 saturated carbocycles. The molecule has 1 aliphatic rings. The van der Waals surface area contributed by atoms with Crippen molar-refractivity contribution in [2.45, 2.75) is 45.8 Å². The van der Waals surface area contributed by atoms with Gasteiger partial charge < -0.3 is 9.31 Å². The van der Waals surface area contributed by atoms with Gasteiger partial charge in [-0.05, 0) is 46.2 Å². The molecule has 0 radical (unpaired) electrons. The second kappa shape index (κ2) is 5.08. The van der Waals surface area contributed by atoms with Crippen LogP contribution in [0.2, 0.25) is 5.15 Å². The first-order valence-electron chi connectivity index (χ1n) is 7.22. The number of halogens is 1. The first-order valence-corrected chi connectivity index (χ1v) is 7.60. The van der Waals surface area contributed by atoms with Crippen molar-refractivity contribution >= 4 is 24.2 Å². The molecule has 7 heteroatoms. The van der Waals surface area contributed by atoms with Crippen LogP contribution in [0.15, 0.2) is 24.7 Å². The highest BCUT2D eigenvalue weighted by atomic mass is 35.5. The highest BCUT2D eigenvalue weighted by molar-refractivity contribution is 6.62. The van der Waals surface area contributed by atoms with Gasteiger partial charge in [-0.15, -0.1) is 0 Å². The van der Waals surface area contributed by atoms with Gasteiger partial charge in [0.1, 0.15) is 5.69 Å². The first-order chi connectivity index (χ1) is 10.2. The summed E-state index contributed by atoms with van der Waals surface area (Å²) >= 11 is 6.21. The number of pyridine rings is 1. The van der Waals surface area contributed by atoms with Gasteiger partial charge in [0.25, 0.3) is 0 Å². The van der Waals surface area contributed by atoms with E-state index in [4.69, 9.17) is 20.9 Å². The molecule has 0 bridgehead atoms. The molecule has 0 aliphatic carbocycles. The third-order valence-corrected chi connectivity index (χ3v) is 4.62. The Hall–Kier alpha value is -1.37. The Kier molecular flexibility index (Phi) is 3.59. The normalized spacial score (nSPS) is 19.6. The first kappa shape index (κ1) is 15.5. The summed E-state index contributed by atoms with van der Waals surface area (Å²) in [4.78, 5) is 4.25. The van der Waals surface area contributed by atoms with Gasteiger partial charge in [-0.25, -0.2) is 9.67 Å². The van der Waals surface area contributed by atoms with Crippen molar-refractivity contribution in [2.24, 2.45) is 0 Å². The number of aromatic nitrogens is 3. The lowest BCUT2D eigenvalue weighted by Gasteiger charge is -2.32. The molecule has 2 aromatic heterocycles. The van der Waals surface area contributed by atoms with E-state index in [1.165, 1.54) is 0 Å². The molecule has 22 heavy (non-hydrogen) atoms. The maximum Gasteiger partial charge on any atom is 0.496 e.